The molecular weight excluding hydrogens is 216 g/mol. The van der Waals surface area contributed by atoms with Crippen LogP contribution < -0.4 is 0 Å². The molecule has 0 radical (unpaired) electrons. The van der Waals surface area contributed by atoms with Crippen LogP contribution in [0, 0.1) is 17.8 Å². The molecule has 1 unspecified atom stereocenters. The molecule has 0 aromatic heterocycles. The van der Waals surface area contributed by atoms with Gasteiger partial charge in [0.2, 0.25) is 0 Å². The molecule has 1 N–H and O–H groups in total. The Morgan fingerprint density at radius 2 is 2.35 bits per heavy atom. The zero-order valence-electron chi connectivity index (χ0n) is 10.6. The van der Waals surface area contributed by atoms with Crippen molar-refractivity contribution in [2.24, 2.45) is 17.8 Å². The predicted molar refractivity (Wildman–Crippen MR) is 65.3 cm³/mol. The number of esters is 1. The molecule has 17 heavy (non-hydrogen) atoms. The van der Waals surface area contributed by atoms with Crippen LogP contribution >= 0.6 is 0 Å². The van der Waals surface area contributed by atoms with Crippen molar-refractivity contribution in [3.8, 4) is 0 Å². The van der Waals surface area contributed by atoms with Crippen LogP contribution in [0.2, 0.25) is 0 Å². The molecule has 0 spiro atoms. The van der Waals surface area contributed by atoms with E-state index in [1.54, 1.807) is 0 Å². The maximum absolute atomic E-state index is 11.3. The molecule has 5 atom stereocenters. The van der Waals surface area contributed by atoms with Crippen LogP contribution in [0.3, 0.4) is 0 Å². The normalized spacial score (nSPS) is 38.4. The predicted octanol–water partition coefficient (Wildman–Crippen LogP) is 2.29. The van der Waals surface area contributed by atoms with E-state index in [0.29, 0.717) is 24.2 Å². The van der Waals surface area contributed by atoms with E-state index in [1.165, 1.54) is 0 Å². The second kappa shape index (κ2) is 5.21. The van der Waals surface area contributed by atoms with Crippen molar-refractivity contribution in [1.82, 2.24) is 0 Å². The van der Waals surface area contributed by atoms with Gasteiger partial charge in [-0.25, -0.2) is 0 Å². The number of carbonyl (C=O) groups excluding carboxylic acids is 1. The number of aliphatic hydroxyl groups is 1. The molecule has 3 heteroatoms. The number of carbonyl (C=O) groups is 1. The molecule has 0 bridgehead atoms. The number of ether oxygens (including phenoxy) is 1. The van der Waals surface area contributed by atoms with Crippen LogP contribution in [-0.4, -0.2) is 23.3 Å². The molecule has 1 aliphatic carbocycles. The number of fused-ring (bicyclic) bond motifs is 1. The summed E-state index contributed by atoms with van der Waals surface area (Å²) in [4.78, 5) is 11.3. The topological polar surface area (TPSA) is 46.5 Å². The van der Waals surface area contributed by atoms with E-state index in [1.807, 2.05) is 6.08 Å². The van der Waals surface area contributed by atoms with Gasteiger partial charge >= 0.3 is 5.97 Å². The second-order valence-electron chi connectivity index (χ2n) is 5.43. The van der Waals surface area contributed by atoms with E-state index in [2.05, 4.69) is 19.9 Å². The highest BCUT2D eigenvalue weighted by atomic mass is 16.6. The maximum atomic E-state index is 11.3. The number of rotatable bonds is 4. The molecular formula is C14H22O3. The first-order valence-corrected chi connectivity index (χ1v) is 6.67. The molecule has 96 valence electrons. The summed E-state index contributed by atoms with van der Waals surface area (Å²) in [6.45, 7) is 4.27. The molecule has 2 rings (SSSR count). The summed E-state index contributed by atoms with van der Waals surface area (Å²) in [5, 5.41) is 9.70. The summed E-state index contributed by atoms with van der Waals surface area (Å²) < 4.78 is 5.30. The van der Waals surface area contributed by atoms with Gasteiger partial charge in [-0.05, 0) is 24.7 Å². The number of allylic oxidation sites excluding steroid dienone is 1. The van der Waals surface area contributed by atoms with Gasteiger partial charge in [0.05, 0.1) is 12.5 Å². The lowest BCUT2D eigenvalue weighted by Crippen LogP contribution is -2.14. The minimum Gasteiger partial charge on any atom is -0.462 e. The van der Waals surface area contributed by atoms with E-state index < -0.39 is 0 Å². The monoisotopic (exact) mass is 238 g/mol. The number of aliphatic hydroxyl groups excluding tert-OH is 1. The van der Waals surface area contributed by atoms with Crippen molar-refractivity contribution in [3.63, 3.8) is 0 Å². The molecule has 0 aromatic carbocycles. The molecule has 2 fully saturated rings. The van der Waals surface area contributed by atoms with Gasteiger partial charge in [-0.2, -0.15) is 0 Å². The fraction of sp³-hybridized carbons (Fsp3) is 0.786. The minimum atomic E-state index is -0.343. The zero-order valence-corrected chi connectivity index (χ0v) is 10.6. The molecule has 3 nitrogen and oxygen atoms in total. The van der Waals surface area contributed by atoms with Crippen LogP contribution in [-0.2, 0) is 9.53 Å². The van der Waals surface area contributed by atoms with Gasteiger partial charge in [0.1, 0.15) is 6.10 Å². The average molecular weight is 238 g/mol. The fourth-order valence-corrected chi connectivity index (χ4v) is 3.16. The smallest absolute Gasteiger partial charge is 0.306 e. The van der Waals surface area contributed by atoms with Crippen molar-refractivity contribution in [2.75, 3.05) is 0 Å². The number of hydrogen-bond acceptors (Lipinski definition) is 3. The zero-order chi connectivity index (χ0) is 12.4. The lowest BCUT2D eigenvalue weighted by molar-refractivity contribution is -0.141. The standard InChI is InChI=1S/C14H22O3/c1-3-4-10(15)5-6-11-9(2)7-13-12(11)8-14(16)17-13/h5-6,9-13,15H,3-4,7-8H2,1-2H3/b6-5+/t9-,10?,11+,12-,13+/m1/s1. The largest absolute Gasteiger partial charge is 0.462 e. The third-order valence-electron chi connectivity index (χ3n) is 4.06. The molecule has 1 aliphatic heterocycles. The Bertz CT molecular complexity index is 311. The van der Waals surface area contributed by atoms with Gasteiger partial charge in [-0.15, -0.1) is 0 Å². The second-order valence-corrected chi connectivity index (χ2v) is 5.43. The first-order valence-electron chi connectivity index (χ1n) is 6.67. The van der Waals surface area contributed by atoms with Crippen molar-refractivity contribution in [3.05, 3.63) is 12.2 Å². The highest BCUT2D eigenvalue weighted by Crippen LogP contribution is 2.45. The van der Waals surface area contributed by atoms with Crippen LogP contribution in [0.4, 0.5) is 0 Å². The van der Waals surface area contributed by atoms with Crippen LogP contribution in [0.25, 0.3) is 0 Å². The van der Waals surface area contributed by atoms with E-state index in [-0.39, 0.29) is 18.2 Å². The number of hydrogen-bond donors (Lipinski definition) is 1. The molecule has 1 saturated carbocycles. The maximum Gasteiger partial charge on any atom is 0.306 e. The van der Waals surface area contributed by atoms with Gasteiger partial charge in [-0.1, -0.05) is 32.4 Å². The lowest BCUT2D eigenvalue weighted by atomic mass is 9.88. The minimum absolute atomic E-state index is 0.0561. The Kier molecular flexibility index (Phi) is 3.87. The van der Waals surface area contributed by atoms with E-state index in [9.17, 15) is 9.90 Å². The van der Waals surface area contributed by atoms with E-state index >= 15 is 0 Å². The Labute approximate surface area is 103 Å². The molecule has 1 saturated heterocycles. The van der Waals surface area contributed by atoms with Gasteiger partial charge < -0.3 is 9.84 Å². The van der Waals surface area contributed by atoms with E-state index in [4.69, 9.17) is 4.74 Å². The Hall–Kier alpha value is -0.830. The summed E-state index contributed by atoms with van der Waals surface area (Å²) in [7, 11) is 0. The highest BCUT2D eigenvalue weighted by Gasteiger charge is 2.47. The Morgan fingerprint density at radius 3 is 3.06 bits per heavy atom. The van der Waals surface area contributed by atoms with Crippen LogP contribution in [0.1, 0.15) is 39.5 Å². The third kappa shape index (κ3) is 2.71. The first-order chi connectivity index (χ1) is 8.11. The SMILES string of the molecule is CCCC(O)/C=C/[C@@H]1[C@H]2CC(=O)O[C@H]2C[C@H]1C. The van der Waals surface area contributed by atoms with Crippen molar-refractivity contribution < 1.29 is 14.6 Å². The summed E-state index contributed by atoms with van der Waals surface area (Å²) >= 11 is 0. The summed E-state index contributed by atoms with van der Waals surface area (Å²) in [6, 6.07) is 0. The molecule has 0 aromatic rings. The summed E-state index contributed by atoms with van der Waals surface area (Å²) in [6.07, 6.45) is 7.09. The van der Waals surface area contributed by atoms with Gasteiger partial charge in [-0.3, -0.25) is 4.79 Å². The lowest BCUT2D eigenvalue weighted by Gasteiger charge is -2.16. The summed E-state index contributed by atoms with van der Waals surface area (Å²) in [5.74, 6) is 1.21. The van der Waals surface area contributed by atoms with Crippen LogP contribution in [0.5, 0.6) is 0 Å². The summed E-state index contributed by atoms with van der Waals surface area (Å²) in [5.41, 5.74) is 0. The fourth-order valence-electron chi connectivity index (χ4n) is 3.16. The van der Waals surface area contributed by atoms with Crippen molar-refractivity contribution in [1.29, 1.82) is 0 Å². The van der Waals surface area contributed by atoms with Gasteiger partial charge in [0.15, 0.2) is 0 Å². The Balaban J connectivity index is 1.97. The Morgan fingerprint density at radius 1 is 1.59 bits per heavy atom. The van der Waals surface area contributed by atoms with Crippen molar-refractivity contribution >= 4 is 5.97 Å². The van der Waals surface area contributed by atoms with Gasteiger partial charge in [0.25, 0.3) is 0 Å². The highest BCUT2D eigenvalue weighted by molar-refractivity contribution is 5.72. The van der Waals surface area contributed by atoms with Crippen molar-refractivity contribution in [2.45, 2.75) is 51.7 Å². The molecule has 2 aliphatic rings. The first kappa shape index (κ1) is 12.6. The van der Waals surface area contributed by atoms with Crippen LogP contribution in [0.15, 0.2) is 12.2 Å². The van der Waals surface area contributed by atoms with Gasteiger partial charge in [0, 0.05) is 5.92 Å². The van der Waals surface area contributed by atoms with E-state index in [0.717, 1.165) is 19.3 Å². The average Bonchev–Trinajstić information content (AvgIpc) is 2.71. The molecule has 0 amide bonds. The third-order valence-corrected chi connectivity index (χ3v) is 4.06. The molecule has 1 heterocycles. The quantitative estimate of drug-likeness (QED) is 0.604.